The van der Waals surface area contributed by atoms with Gasteiger partial charge in [-0.25, -0.2) is 0 Å². The minimum absolute atomic E-state index is 0. The van der Waals surface area contributed by atoms with Crippen molar-refractivity contribution in [2.75, 3.05) is 0 Å². The average molecular weight is 142 g/mol. The van der Waals surface area contributed by atoms with Crippen molar-refractivity contribution in [1.82, 2.24) is 0 Å². The fraction of sp³-hybridized carbons (Fsp3) is 0. The summed E-state index contributed by atoms with van der Waals surface area (Å²) in [5, 5.41) is 28.0. The Morgan fingerprint density at radius 1 is 0.750 bits per heavy atom. The predicted molar refractivity (Wildman–Crippen MR) is 4.34 cm³/mol. The molecule has 38 valence electrons. The van der Waals surface area contributed by atoms with E-state index >= 15 is 0 Å². The number of hydrogen-bond acceptors (Lipinski definition) is 6. The van der Waals surface area contributed by atoms with E-state index < -0.39 is 0 Å². The summed E-state index contributed by atoms with van der Waals surface area (Å²) < 4.78 is 0. The van der Waals surface area contributed by atoms with Gasteiger partial charge in [-0.05, 0) is 10.1 Å². The van der Waals surface area contributed by atoms with Gasteiger partial charge in [-0.15, -0.1) is 0 Å². The summed E-state index contributed by atoms with van der Waals surface area (Å²) in [6, 6.07) is 0. The average Bonchev–Trinajstić information content (AvgIpc) is 1.61. The Morgan fingerprint density at radius 2 is 1.00 bits per heavy atom. The molecule has 0 unspecified atom stereocenters. The van der Waals surface area contributed by atoms with Crippen LogP contribution in [0, 0.1) is 0 Å². The third kappa shape index (κ3) is 15.7. The molecule has 8 heavy (non-hydrogen) atoms. The monoisotopic (exact) mass is 142 g/mol. The van der Waals surface area contributed by atoms with Crippen molar-refractivity contribution in [3.05, 3.63) is 0 Å². The first-order valence-electron chi connectivity index (χ1n) is 0.833. The van der Waals surface area contributed by atoms with E-state index in [9.17, 15) is 0 Å². The van der Waals surface area contributed by atoms with Gasteiger partial charge >= 0.3 is 59.1 Å². The van der Waals surface area contributed by atoms with Gasteiger partial charge in [-0.1, -0.05) is 0 Å². The van der Waals surface area contributed by atoms with Gasteiger partial charge in [0, 0.05) is 0 Å². The van der Waals surface area contributed by atoms with Crippen LogP contribution in [0.15, 0.2) is 0 Å². The molecule has 0 fully saturated rings. The van der Waals surface area contributed by atoms with Gasteiger partial charge in [0.05, 0.1) is 0 Å². The molecule has 8 heteroatoms. The molecule has 0 spiro atoms. The van der Waals surface area contributed by atoms with Crippen LogP contribution in [0.5, 0.6) is 0 Å². The molecule has 0 saturated carbocycles. The first-order chi connectivity index (χ1) is 2.91. The van der Waals surface area contributed by atoms with E-state index in [1.54, 1.807) is 0 Å². The molecular formula is Na2O6. The summed E-state index contributed by atoms with van der Waals surface area (Å²) in [7, 11) is 0. The Balaban J connectivity index is -0.000000125. The zero-order valence-corrected chi connectivity index (χ0v) is 8.45. The van der Waals surface area contributed by atoms with E-state index in [-0.39, 0.29) is 59.1 Å². The Kier molecular flexibility index (Phi) is 32.6. The number of rotatable bonds is 3. The van der Waals surface area contributed by atoms with Crippen LogP contribution in [-0.4, -0.2) is 0 Å². The summed E-state index contributed by atoms with van der Waals surface area (Å²) in [6.45, 7) is 0. The van der Waals surface area contributed by atoms with Crippen molar-refractivity contribution in [3.8, 4) is 0 Å². The molecule has 0 saturated heterocycles. The zero-order chi connectivity index (χ0) is 4.83. The molecule has 6 nitrogen and oxygen atoms in total. The van der Waals surface area contributed by atoms with E-state index in [1.165, 1.54) is 0 Å². The van der Waals surface area contributed by atoms with Gasteiger partial charge in [-0.3, -0.25) is 10.1 Å². The molecule has 0 aromatic carbocycles. The van der Waals surface area contributed by atoms with Crippen LogP contribution in [0.4, 0.5) is 0 Å². The van der Waals surface area contributed by atoms with Crippen LogP contribution >= 0.6 is 0 Å². The molecule has 0 rings (SSSR count). The van der Waals surface area contributed by atoms with Gasteiger partial charge < -0.3 is 10.5 Å². The maximum atomic E-state index is 8.62. The topological polar surface area (TPSA) is 83.0 Å². The van der Waals surface area contributed by atoms with Gasteiger partial charge in [0.2, 0.25) is 0 Å². The largest absolute Gasteiger partial charge is 1.00 e. The summed E-state index contributed by atoms with van der Waals surface area (Å²) in [4.78, 5) is 0. The smallest absolute Gasteiger partial charge is 0.689 e. The van der Waals surface area contributed by atoms with Crippen molar-refractivity contribution in [1.29, 1.82) is 0 Å². The molecular weight excluding hydrogens is 142 g/mol. The third-order valence-corrected chi connectivity index (χ3v) is 0.0833. The molecule has 0 atom stereocenters. The Hall–Kier alpha value is 1.76. The van der Waals surface area contributed by atoms with Gasteiger partial charge in [0.25, 0.3) is 0 Å². The summed E-state index contributed by atoms with van der Waals surface area (Å²) in [6.07, 6.45) is 0. The van der Waals surface area contributed by atoms with E-state index in [0.717, 1.165) is 0 Å². The molecule has 0 aliphatic heterocycles. The Labute approximate surface area is 88.9 Å². The quantitative estimate of drug-likeness (QED) is 0.168. The molecule has 0 amide bonds. The van der Waals surface area contributed by atoms with E-state index in [4.69, 9.17) is 10.5 Å². The summed E-state index contributed by atoms with van der Waals surface area (Å²) >= 11 is 0. The Bertz CT molecular complexity index is 18.5. The van der Waals surface area contributed by atoms with E-state index in [2.05, 4.69) is 20.2 Å². The zero-order valence-electron chi connectivity index (χ0n) is 4.45. The van der Waals surface area contributed by atoms with E-state index in [0.29, 0.717) is 0 Å². The van der Waals surface area contributed by atoms with Crippen LogP contribution in [0.1, 0.15) is 0 Å². The maximum absolute atomic E-state index is 8.62. The number of hydrogen-bond donors (Lipinski definition) is 0. The third-order valence-electron chi connectivity index (χ3n) is 0.0833. The van der Waals surface area contributed by atoms with Crippen molar-refractivity contribution >= 4 is 0 Å². The molecule has 0 bridgehead atoms. The second-order valence-corrected chi connectivity index (χ2v) is 0.272. The molecule has 0 aliphatic carbocycles. The van der Waals surface area contributed by atoms with Crippen LogP contribution in [0.25, 0.3) is 0 Å². The van der Waals surface area contributed by atoms with Crippen molar-refractivity contribution < 1.29 is 89.8 Å². The van der Waals surface area contributed by atoms with Gasteiger partial charge in [-0.2, -0.15) is 0 Å². The standard InChI is InChI=1S/2Na.H2O6/c;;1-3-5-6-4-2/h;;1-2H/q2*+1;/p-2. The molecule has 0 radical (unpaired) electrons. The molecule has 0 aromatic rings. The van der Waals surface area contributed by atoms with Crippen LogP contribution in [0.2, 0.25) is 0 Å². The first kappa shape index (κ1) is 16.4. The normalized spacial score (nSPS) is 6.75. The second kappa shape index (κ2) is 15.9. The molecule has 0 aliphatic rings. The van der Waals surface area contributed by atoms with Crippen molar-refractivity contribution in [2.45, 2.75) is 0 Å². The first-order valence-corrected chi connectivity index (χ1v) is 0.833. The van der Waals surface area contributed by atoms with Gasteiger partial charge in [0.15, 0.2) is 0 Å². The van der Waals surface area contributed by atoms with Crippen LogP contribution < -0.4 is 69.6 Å². The Morgan fingerprint density at radius 3 is 1.12 bits per heavy atom. The van der Waals surface area contributed by atoms with Crippen molar-refractivity contribution in [3.63, 3.8) is 0 Å². The van der Waals surface area contributed by atoms with Crippen LogP contribution in [-0.2, 0) is 20.2 Å². The van der Waals surface area contributed by atoms with E-state index in [1.807, 2.05) is 0 Å². The molecule has 0 heterocycles. The minimum Gasteiger partial charge on any atom is -0.689 e. The second-order valence-electron chi connectivity index (χ2n) is 0.272. The summed E-state index contributed by atoms with van der Waals surface area (Å²) in [5.74, 6) is 0. The molecule has 0 aromatic heterocycles. The van der Waals surface area contributed by atoms with Gasteiger partial charge in [0.1, 0.15) is 0 Å². The minimum atomic E-state index is 0. The van der Waals surface area contributed by atoms with Crippen molar-refractivity contribution in [2.24, 2.45) is 0 Å². The fourth-order valence-corrected chi connectivity index (χ4v) is 0.0227. The fourth-order valence-electron chi connectivity index (χ4n) is 0.0227. The predicted octanol–water partition coefficient (Wildman–Crippen LogP) is -8.64. The van der Waals surface area contributed by atoms with Crippen LogP contribution in [0.3, 0.4) is 0 Å². The summed E-state index contributed by atoms with van der Waals surface area (Å²) in [5.41, 5.74) is 0. The molecule has 0 N–H and O–H groups in total. The maximum Gasteiger partial charge on any atom is 1.00 e. The SMILES string of the molecule is [Na+].[Na+].[O-]OOOO[O-].